The van der Waals surface area contributed by atoms with E-state index in [-0.39, 0.29) is 11.3 Å². The minimum atomic E-state index is -1.30. The average Bonchev–Trinajstić information content (AvgIpc) is 2.56. The Morgan fingerprint density at radius 2 is 2.12 bits per heavy atom. The Kier molecular flexibility index (Phi) is 2.67. The number of rotatable bonds is 2. The molecule has 1 heterocycles. The third-order valence-corrected chi connectivity index (χ3v) is 2.44. The maximum Gasteiger partial charge on any atom is 0.340 e. The summed E-state index contributed by atoms with van der Waals surface area (Å²) in [6.45, 7) is 3.58. The first-order chi connectivity index (χ1) is 8.00. The highest BCUT2D eigenvalue weighted by Crippen LogP contribution is 2.19. The van der Waals surface area contributed by atoms with Crippen molar-refractivity contribution in [1.82, 2.24) is 9.78 Å². The molecule has 17 heavy (non-hydrogen) atoms. The van der Waals surface area contributed by atoms with Gasteiger partial charge in [-0.15, -0.1) is 0 Å². The average molecular weight is 234 g/mol. The van der Waals surface area contributed by atoms with Gasteiger partial charge >= 0.3 is 5.97 Å². The molecule has 0 saturated heterocycles. The Balaban J connectivity index is 2.71. The van der Waals surface area contributed by atoms with E-state index in [0.29, 0.717) is 0 Å². The molecule has 0 radical (unpaired) electrons. The molecule has 0 aliphatic rings. The largest absolute Gasteiger partial charge is 0.478 e. The van der Waals surface area contributed by atoms with Crippen LogP contribution in [0.1, 0.15) is 21.7 Å². The zero-order valence-electron chi connectivity index (χ0n) is 9.44. The summed E-state index contributed by atoms with van der Waals surface area (Å²) in [5.74, 6) is -2.06. The molecule has 2 rings (SSSR count). The number of aryl methyl sites for hydroxylation is 2. The summed E-state index contributed by atoms with van der Waals surface area (Å²) in [6, 6.07) is 5.93. The number of hydrogen-bond donors (Lipinski definition) is 1. The third-order valence-electron chi connectivity index (χ3n) is 2.44. The third kappa shape index (κ3) is 1.91. The van der Waals surface area contributed by atoms with Crippen LogP contribution in [0.2, 0.25) is 0 Å². The van der Waals surface area contributed by atoms with Crippen LogP contribution < -0.4 is 0 Å². The maximum atomic E-state index is 13.5. The lowest BCUT2D eigenvalue weighted by Crippen LogP contribution is -2.10. The Hall–Kier alpha value is -2.17. The lowest BCUT2D eigenvalue weighted by molar-refractivity contribution is 0.0691. The molecule has 0 unspecified atom stereocenters. The molecule has 4 nitrogen and oxygen atoms in total. The number of benzene rings is 1. The van der Waals surface area contributed by atoms with E-state index in [4.69, 9.17) is 5.11 Å². The van der Waals surface area contributed by atoms with Crippen LogP contribution in [0.5, 0.6) is 0 Å². The Morgan fingerprint density at radius 3 is 2.65 bits per heavy atom. The number of aromatic nitrogens is 2. The Morgan fingerprint density at radius 1 is 1.41 bits per heavy atom. The molecule has 0 saturated carbocycles. The first-order valence-electron chi connectivity index (χ1n) is 5.06. The highest BCUT2D eigenvalue weighted by Gasteiger charge is 2.18. The molecule has 0 spiro atoms. The van der Waals surface area contributed by atoms with Crippen molar-refractivity contribution in [2.75, 3.05) is 0 Å². The van der Waals surface area contributed by atoms with E-state index in [0.717, 1.165) is 17.5 Å². The van der Waals surface area contributed by atoms with Crippen LogP contribution >= 0.6 is 0 Å². The second kappa shape index (κ2) is 4.01. The van der Waals surface area contributed by atoms with Crippen molar-refractivity contribution in [2.45, 2.75) is 13.8 Å². The van der Waals surface area contributed by atoms with Gasteiger partial charge in [0.15, 0.2) is 0 Å². The zero-order valence-corrected chi connectivity index (χ0v) is 9.44. The van der Waals surface area contributed by atoms with Crippen molar-refractivity contribution in [3.63, 3.8) is 0 Å². The van der Waals surface area contributed by atoms with Gasteiger partial charge in [0.2, 0.25) is 0 Å². The van der Waals surface area contributed by atoms with Gasteiger partial charge in [0.25, 0.3) is 0 Å². The van der Waals surface area contributed by atoms with Gasteiger partial charge in [-0.2, -0.15) is 5.10 Å². The van der Waals surface area contributed by atoms with Crippen LogP contribution in [0.25, 0.3) is 5.69 Å². The van der Waals surface area contributed by atoms with Crippen LogP contribution in [0.4, 0.5) is 4.39 Å². The molecule has 1 aromatic heterocycles. The summed E-state index contributed by atoms with van der Waals surface area (Å²) in [4.78, 5) is 11.1. The predicted molar refractivity (Wildman–Crippen MR) is 60.0 cm³/mol. The van der Waals surface area contributed by atoms with E-state index >= 15 is 0 Å². The molecule has 88 valence electrons. The molecule has 5 heteroatoms. The van der Waals surface area contributed by atoms with Gasteiger partial charge in [-0.3, -0.25) is 0 Å². The number of carbonyl (C=O) groups is 1. The summed E-state index contributed by atoms with van der Waals surface area (Å²) in [5.41, 5.74) is 1.39. The van der Waals surface area contributed by atoms with Gasteiger partial charge in [0.05, 0.1) is 11.4 Å². The molecule has 0 atom stereocenters. The number of carboxylic acid groups (broad SMARTS) is 1. The van der Waals surface area contributed by atoms with Crippen molar-refractivity contribution in [3.8, 4) is 5.69 Å². The minimum Gasteiger partial charge on any atom is -0.478 e. The van der Waals surface area contributed by atoms with Crippen LogP contribution in [0.15, 0.2) is 24.3 Å². The SMILES string of the molecule is Cc1cc(C)n(-c2cccc(F)c2C(=O)O)n1. The van der Waals surface area contributed by atoms with E-state index in [1.54, 1.807) is 19.9 Å². The van der Waals surface area contributed by atoms with Gasteiger partial charge in [-0.05, 0) is 32.0 Å². The number of halogens is 1. The number of hydrogen-bond acceptors (Lipinski definition) is 2. The normalized spacial score (nSPS) is 10.5. The maximum absolute atomic E-state index is 13.5. The van der Waals surface area contributed by atoms with E-state index in [1.807, 2.05) is 0 Å². The van der Waals surface area contributed by atoms with Crippen LogP contribution in [-0.2, 0) is 0 Å². The monoisotopic (exact) mass is 234 g/mol. The van der Waals surface area contributed by atoms with Crippen molar-refractivity contribution in [2.24, 2.45) is 0 Å². The fourth-order valence-electron chi connectivity index (χ4n) is 1.77. The molecular formula is C12H11FN2O2. The summed E-state index contributed by atoms with van der Waals surface area (Å²) >= 11 is 0. The summed E-state index contributed by atoms with van der Waals surface area (Å²) < 4.78 is 14.9. The molecule has 0 amide bonds. The van der Waals surface area contributed by atoms with E-state index in [1.165, 1.54) is 16.8 Å². The topological polar surface area (TPSA) is 55.1 Å². The smallest absolute Gasteiger partial charge is 0.340 e. The van der Waals surface area contributed by atoms with Crippen LogP contribution in [0.3, 0.4) is 0 Å². The first kappa shape index (κ1) is 11.3. The molecule has 1 N–H and O–H groups in total. The van der Waals surface area contributed by atoms with E-state index < -0.39 is 11.8 Å². The van der Waals surface area contributed by atoms with Crippen molar-refractivity contribution >= 4 is 5.97 Å². The lowest BCUT2D eigenvalue weighted by Gasteiger charge is -2.08. The van der Waals surface area contributed by atoms with Crippen LogP contribution in [-0.4, -0.2) is 20.9 Å². The van der Waals surface area contributed by atoms with Crippen LogP contribution in [0, 0.1) is 19.7 Å². The van der Waals surface area contributed by atoms with Gasteiger partial charge in [-0.1, -0.05) is 6.07 Å². The molecular weight excluding hydrogens is 223 g/mol. The molecule has 0 fully saturated rings. The van der Waals surface area contributed by atoms with Crippen molar-refractivity contribution in [1.29, 1.82) is 0 Å². The molecule has 1 aromatic carbocycles. The molecule has 0 bridgehead atoms. The standard InChI is InChI=1S/C12H11FN2O2/c1-7-6-8(2)15(14-7)10-5-3-4-9(13)11(10)12(16)17/h3-6H,1-2H3,(H,16,17). The zero-order chi connectivity index (χ0) is 12.6. The van der Waals surface area contributed by atoms with Gasteiger partial charge in [0.1, 0.15) is 11.4 Å². The molecule has 0 aliphatic carbocycles. The molecule has 2 aromatic rings. The summed E-state index contributed by atoms with van der Waals surface area (Å²) in [7, 11) is 0. The minimum absolute atomic E-state index is 0.239. The number of nitrogens with zero attached hydrogens (tertiary/aromatic N) is 2. The van der Waals surface area contributed by atoms with E-state index in [9.17, 15) is 9.18 Å². The van der Waals surface area contributed by atoms with Gasteiger partial charge in [0, 0.05) is 5.69 Å². The number of aromatic carboxylic acids is 1. The summed E-state index contributed by atoms with van der Waals surface area (Å²) in [6.07, 6.45) is 0. The van der Waals surface area contributed by atoms with Gasteiger partial charge in [-0.25, -0.2) is 13.9 Å². The van der Waals surface area contributed by atoms with Gasteiger partial charge < -0.3 is 5.11 Å². The first-order valence-corrected chi connectivity index (χ1v) is 5.06. The Bertz CT molecular complexity index is 590. The van der Waals surface area contributed by atoms with Crippen molar-refractivity contribution in [3.05, 3.63) is 47.0 Å². The highest BCUT2D eigenvalue weighted by molar-refractivity contribution is 5.92. The highest BCUT2D eigenvalue weighted by atomic mass is 19.1. The quantitative estimate of drug-likeness (QED) is 0.867. The summed E-state index contributed by atoms with van der Waals surface area (Å²) in [5, 5.41) is 13.2. The fourth-order valence-corrected chi connectivity index (χ4v) is 1.77. The fraction of sp³-hybridized carbons (Fsp3) is 0.167. The molecule has 0 aliphatic heterocycles. The lowest BCUT2D eigenvalue weighted by atomic mass is 10.1. The number of carboxylic acids is 1. The van der Waals surface area contributed by atoms with E-state index in [2.05, 4.69) is 5.10 Å². The second-order valence-corrected chi connectivity index (χ2v) is 3.78. The second-order valence-electron chi connectivity index (χ2n) is 3.78. The van der Waals surface area contributed by atoms with Crippen molar-refractivity contribution < 1.29 is 14.3 Å². The Labute approximate surface area is 97.3 Å². The predicted octanol–water partition coefficient (Wildman–Crippen LogP) is 2.33.